The minimum atomic E-state index is -2.22. The Balaban J connectivity index is 1.82. The second-order valence-corrected chi connectivity index (χ2v) is 16.1. The first-order valence-corrected chi connectivity index (χ1v) is 16.0. The molecule has 3 unspecified atom stereocenters. The Morgan fingerprint density at radius 1 is 1.27 bits per heavy atom. The predicted molar refractivity (Wildman–Crippen MR) is 124 cm³/mol. The van der Waals surface area contributed by atoms with E-state index in [4.69, 9.17) is 4.43 Å². The summed E-state index contributed by atoms with van der Waals surface area (Å²) in [6.45, 7) is 5.61. The number of carbonyl (C=O) groups is 3. The first-order valence-electron chi connectivity index (χ1n) is 9.27. The Morgan fingerprint density at radius 3 is 2.47 bits per heavy atom. The Labute approximate surface area is 196 Å². The molecule has 30 heavy (non-hydrogen) atoms. The van der Waals surface area contributed by atoms with Crippen molar-refractivity contribution < 1.29 is 23.4 Å². The van der Waals surface area contributed by atoms with E-state index in [9.17, 15) is 18.9 Å². The Kier molecular flexibility index (Phi) is 7.17. The third-order valence-electron chi connectivity index (χ3n) is 4.56. The van der Waals surface area contributed by atoms with E-state index in [0.29, 0.717) is 5.57 Å². The van der Waals surface area contributed by atoms with E-state index in [-0.39, 0.29) is 23.4 Å². The number of fused-ring (bicyclic) bond motifs is 1. The van der Waals surface area contributed by atoms with E-state index in [0.717, 1.165) is 5.56 Å². The van der Waals surface area contributed by atoms with Gasteiger partial charge in [0, 0.05) is 10.9 Å². The molecule has 3 rings (SSSR count). The molecular formula is C19H22Br2N2O5SSi. The van der Waals surface area contributed by atoms with Gasteiger partial charge in [0.15, 0.2) is 10.2 Å². The lowest BCUT2D eigenvalue weighted by Gasteiger charge is -2.50. The summed E-state index contributed by atoms with van der Waals surface area (Å²) < 4.78 is 18.0. The van der Waals surface area contributed by atoms with Crippen LogP contribution in [0.2, 0.25) is 19.6 Å². The van der Waals surface area contributed by atoms with Crippen molar-refractivity contribution in [2.24, 2.45) is 0 Å². The quantitative estimate of drug-likeness (QED) is 0.242. The standard InChI is InChI=1S/C19H22Br2N2O5SSi/c1-30(2,3)28-19(26)15-12(10-20)16(21)29(27)18-14(17(25)23(15)18)22-13(24)9-11-7-5-4-6-8-11/h4-8,14,16,18H,9-10H2,1-3H3,(H,22,24)/t14?,16?,18-,29?/m1/s1. The maximum absolute atomic E-state index is 13.0. The van der Waals surface area contributed by atoms with Crippen molar-refractivity contribution in [2.75, 3.05) is 5.33 Å². The maximum atomic E-state index is 13.0. The highest BCUT2D eigenvalue weighted by Crippen LogP contribution is 2.43. The molecule has 2 aliphatic rings. The van der Waals surface area contributed by atoms with Crippen LogP contribution in [0.3, 0.4) is 0 Å². The smallest absolute Gasteiger partial charge is 0.342 e. The lowest BCUT2D eigenvalue weighted by molar-refractivity contribution is -0.150. The molecule has 7 nitrogen and oxygen atoms in total. The molecule has 2 amide bonds. The summed E-state index contributed by atoms with van der Waals surface area (Å²) in [5, 5.41) is 2.11. The normalized spacial score (nSPS) is 26.1. The average molecular weight is 578 g/mol. The van der Waals surface area contributed by atoms with E-state index < -0.39 is 46.9 Å². The summed E-state index contributed by atoms with van der Waals surface area (Å²) in [6, 6.07) is 8.19. The van der Waals surface area contributed by atoms with Crippen molar-refractivity contribution in [3.8, 4) is 0 Å². The molecule has 4 atom stereocenters. The van der Waals surface area contributed by atoms with Gasteiger partial charge in [-0.2, -0.15) is 0 Å². The first-order chi connectivity index (χ1) is 14.0. The van der Waals surface area contributed by atoms with E-state index in [1.807, 2.05) is 50.0 Å². The highest BCUT2D eigenvalue weighted by atomic mass is 79.9. The van der Waals surface area contributed by atoms with Crippen LogP contribution in [0, 0.1) is 0 Å². The molecular weight excluding hydrogens is 556 g/mol. The number of hydrogen-bond acceptors (Lipinski definition) is 5. The molecule has 162 valence electrons. The Morgan fingerprint density at radius 2 is 1.90 bits per heavy atom. The van der Waals surface area contributed by atoms with Gasteiger partial charge in [-0.25, -0.2) is 4.79 Å². The number of hydrogen-bond donors (Lipinski definition) is 1. The summed E-state index contributed by atoms with van der Waals surface area (Å²) in [4.78, 5) is 39.4. The SMILES string of the molecule is C[Si](C)(C)OC(=O)C1=C(CBr)C(Br)[S+]([O-])[C@@H]2C(NC(=O)Cc3ccccc3)C(=O)N12. The van der Waals surface area contributed by atoms with Crippen molar-refractivity contribution in [1.82, 2.24) is 10.2 Å². The lowest BCUT2D eigenvalue weighted by Crippen LogP contribution is -2.75. The topological polar surface area (TPSA) is 98.8 Å². The van der Waals surface area contributed by atoms with Crippen LogP contribution in [0.1, 0.15) is 5.56 Å². The third-order valence-corrected chi connectivity index (χ3v) is 9.28. The van der Waals surface area contributed by atoms with Gasteiger partial charge >= 0.3 is 5.97 Å². The monoisotopic (exact) mass is 576 g/mol. The summed E-state index contributed by atoms with van der Waals surface area (Å²) >= 11 is 5.17. The zero-order valence-electron chi connectivity index (χ0n) is 16.7. The van der Waals surface area contributed by atoms with Gasteiger partial charge in [0.1, 0.15) is 5.70 Å². The van der Waals surface area contributed by atoms with E-state index in [1.54, 1.807) is 0 Å². The van der Waals surface area contributed by atoms with Crippen LogP contribution in [0.15, 0.2) is 41.6 Å². The second kappa shape index (κ2) is 9.15. The minimum absolute atomic E-state index is 0.106. The highest BCUT2D eigenvalue weighted by Gasteiger charge is 2.63. The fraction of sp³-hybridized carbons (Fsp3) is 0.421. The second-order valence-electron chi connectivity index (χ2n) is 7.96. The molecule has 0 aromatic heterocycles. The van der Waals surface area contributed by atoms with Crippen molar-refractivity contribution in [3.63, 3.8) is 0 Å². The molecule has 0 spiro atoms. The molecule has 1 aromatic carbocycles. The van der Waals surface area contributed by atoms with Crippen LogP contribution in [0.25, 0.3) is 0 Å². The number of carbonyl (C=O) groups excluding carboxylic acids is 3. The van der Waals surface area contributed by atoms with Gasteiger partial charge in [0.2, 0.25) is 19.6 Å². The fourth-order valence-electron chi connectivity index (χ4n) is 3.28. The third kappa shape index (κ3) is 4.69. The van der Waals surface area contributed by atoms with Crippen molar-refractivity contribution in [3.05, 3.63) is 47.2 Å². The molecule has 1 N–H and O–H groups in total. The van der Waals surface area contributed by atoms with Crippen LogP contribution < -0.4 is 5.32 Å². The largest absolute Gasteiger partial charge is 0.614 e. The van der Waals surface area contributed by atoms with E-state index >= 15 is 0 Å². The van der Waals surface area contributed by atoms with Crippen LogP contribution in [-0.4, -0.2) is 56.5 Å². The number of alkyl halides is 2. The van der Waals surface area contributed by atoms with Crippen LogP contribution in [-0.2, 0) is 36.4 Å². The average Bonchev–Trinajstić information content (AvgIpc) is 2.67. The fourth-order valence-corrected chi connectivity index (χ4v) is 7.81. The number of halogens is 2. The summed E-state index contributed by atoms with van der Waals surface area (Å²) in [5.74, 6) is -1.41. The van der Waals surface area contributed by atoms with Gasteiger partial charge in [0.25, 0.3) is 5.91 Å². The lowest BCUT2D eigenvalue weighted by atomic mass is 10.0. The van der Waals surface area contributed by atoms with Crippen molar-refractivity contribution in [2.45, 2.75) is 41.6 Å². The van der Waals surface area contributed by atoms with Crippen molar-refractivity contribution in [1.29, 1.82) is 0 Å². The molecule has 0 radical (unpaired) electrons. The van der Waals surface area contributed by atoms with Gasteiger partial charge in [0.05, 0.1) is 6.42 Å². The molecule has 0 aliphatic carbocycles. The summed E-state index contributed by atoms with van der Waals surface area (Å²) in [7, 11) is -2.22. The highest BCUT2D eigenvalue weighted by molar-refractivity contribution is 9.11. The van der Waals surface area contributed by atoms with Crippen molar-refractivity contribution >= 4 is 69.1 Å². The van der Waals surface area contributed by atoms with E-state index in [2.05, 4.69) is 37.2 Å². The van der Waals surface area contributed by atoms with Gasteiger partial charge in [-0.15, -0.1) is 0 Å². The molecule has 2 aliphatic heterocycles. The molecule has 0 bridgehead atoms. The first kappa shape index (κ1) is 23.5. The van der Waals surface area contributed by atoms with Gasteiger partial charge in [-0.3, -0.25) is 14.5 Å². The number of amides is 2. The molecule has 0 saturated carbocycles. The molecule has 11 heteroatoms. The van der Waals surface area contributed by atoms with Crippen LogP contribution in [0.4, 0.5) is 0 Å². The molecule has 2 heterocycles. The number of rotatable bonds is 6. The molecule has 1 fully saturated rings. The predicted octanol–water partition coefficient (Wildman–Crippen LogP) is 2.39. The Hall–Kier alpha value is -1.14. The van der Waals surface area contributed by atoms with Gasteiger partial charge in [-0.05, 0) is 52.3 Å². The summed E-state index contributed by atoms with van der Waals surface area (Å²) in [5.41, 5.74) is 1.41. The van der Waals surface area contributed by atoms with Crippen LogP contribution in [0.5, 0.6) is 0 Å². The molecule has 1 saturated heterocycles. The number of nitrogens with zero attached hydrogens (tertiary/aromatic N) is 1. The van der Waals surface area contributed by atoms with Gasteiger partial charge < -0.3 is 14.3 Å². The zero-order chi connectivity index (χ0) is 22.2. The molecule has 1 aromatic rings. The number of benzene rings is 1. The van der Waals surface area contributed by atoms with Crippen LogP contribution >= 0.6 is 31.9 Å². The summed E-state index contributed by atoms with van der Waals surface area (Å²) in [6.07, 6.45) is 0.106. The Bertz CT molecular complexity index is 893. The number of nitrogens with one attached hydrogen (secondary N) is 1. The van der Waals surface area contributed by atoms with E-state index in [1.165, 1.54) is 4.90 Å². The maximum Gasteiger partial charge on any atom is 0.342 e. The minimum Gasteiger partial charge on any atom is -0.614 e. The zero-order valence-corrected chi connectivity index (χ0v) is 21.7. The number of β-lactam (4-membered cyclic amide) rings is 1. The van der Waals surface area contributed by atoms with Gasteiger partial charge in [-0.1, -0.05) is 46.3 Å².